The first-order valence-corrected chi connectivity index (χ1v) is 9.01. The summed E-state index contributed by atoms with van der Waals surface area (Å²) in [4.78, 5) is 2.30. The molecule has 0 radical (unpaired) electrons. The van der Waals surface area contributed by atoms with E-state index in [1.807, 2.05) is 18.2 Å². The molecule has 0 amide bonds. The van der Waals surface area contributed by atoms with Crippen LogP contribution < -0.4 is 0 Å². The van der Waals surface area contributed by atoms with Gasteiger partial charge in [-0.25, -0.2) is 8.42 Å². The van der Waals surface area contributed by atoms with Crippen molar-refractivity contribution in [3.8, 4) is 0 Å². The van der Waals surface area contributed by atoms with Crippen LogP contribution in [0.2, 0.25) is 0 Å². The quantitative estimate of drug-likeness (QED) is 0.785. The maximum atomic E-state index is 11.0. The Morgan fingerprint density at radius 3 is 2.72 bits per heavy atom. The van der Waals surface area contributed by atoms with Gasteiger partial charge in [0, 0.05) is 21.7 Å². The molecule has 2 rings (SSSR count). The van der Waals surface area contributed by atoms with Gasteiger partial charge in [0.05, 0.1) is 5.75 Å². The Labute approximate surface area is 121 Å². The van der Waals surface area contributed by atoms with E-state index in [9.17, 15) is 8.42 Å². The standard InChI is InChI=1S/C12H15BrClNO2S/c1-15-5-4-10(7-15)11-3-2-9(6-12(11)13)8-18(14,16)17/h2-3,6,10H,4-5,7-8H2,1H3. The normalized spacial score (nSPS) is 21.4. The molecular formula is C12H15BrClNO2S. The van der Waals surface area contributed by atoms with Crippen molar-refractivity contribution in [2.24, 2.45) is 0 Å². The summed E-state index contributed by atoms with van der Waals surface area (Å²) in [7, 11) is 3.88. The summed E-state index contributed by atoms with van der Waals surface area (Å²) in [5, 5.41) is 0. The fraction of sp³-hybridized carbons (Fsp3) is 0.500. The van der Waals surface area contributed by atoms with E-state index in [-0.39, 0.29) is 5.75 Å². The number of benzene rings is 1. The molecule has 0 N–H and O–H groups in total. The molecule has 1 fully saturated rings. The van der Waals surface area contributed by atoms with Gasteiger partial charge < -0.3 is 4.90 Å². The van der Waals surface area contributed by atoms with Gasteiger partial charge in [-0.2, -0.15) is 0 Å². The van der Waals surface area contributed by atoms with E-state index < -0.39 is 9.05 Å². The average molecular weight is 353 g/mol. The van der Waals surface area contributed by atoms with Gasteiger partial charge in [-0.1, -0.05) is 28.1 Å². The Balaban J connectivity index is 2.20. The van der Waals surface area contributed by atoms with Gasteiger partial charge in [0.25, 0.3) is 0 Å². The maximum Gasteiger partial charge on any atom is 0.236 e. The van der Waals surface area contributed by atoms with Crippen molar-refractivity contribution >= 4 is 35.7 Å². The molecular weight excluding hydrogens is 338 g/mol. The first-order valence-electron chi connectivity index (χ1n) is 5.74. The molecule has 0 spiro atoms. The summed E-state index contributed by atoms with van der Waals surface area (Å²) in [6.45, 7) is 2.15. The Kier molecular flexibility index (Phi) is 4.36. The van der Waals surface area contributed by atoms with E-state index in [0.29, 0.717) is 11.5 Å². The molecule has 1 aromatic carbocycles. The number of rotatable bonds is 3. The molecule has 1 aromatic rings. The Morgan fingerprint density at radius 1 is 1.50 bits per heavy atom. The second kappa shape index (κ2) is 5.49. The smallest absolute Gasteiger partial charge is 0.236 e. The molecule has 0 aromatic heterocycles. The topological polar surface area (TPSA) is 37.4 Å². The lowest BCUT2D eigenvalue weighted by molar-refractivity contribution is 0.411. The zero-order valence-corrected chi connectivity index (χ0v) is 13.2. The Bertz CT molecular complexity index is 547. The molecule has 1 unspecified atom stereocenters. The first-order chi connectivity index (χ1) is 8.35. The van der Waals surface area contributed by atoms with Gasteiger partial charge in [0.15, 0.2) is 0 Å². The molecule has 1 atom stereocenters. The summed E-state index contributed by atoms with van der Waals surface area (Å²) in [6, 6.07) is 5.71. The van der Waals surface area contributed by atoms with Crippen molar-refractivity contribution in [1.29, 1.82) is 0 Å². The van der Waals surface area contributed by atoms with Crippen LogP contribution >= 0.6 is 26.6 Å². The minimum atomic E-state index is -3.49. The molecule has 0 aliphatic carbocycles. The molecule has 0 saturated carbocycles. The van der Waals surface area contributed by atoms with Crippen LogP contribution in [0.4, 0.5) is 0 Å². The van der Waals surface area contributed by atoms with Crippen LogP contribution in [0, 0.1) is 0 Å². The largest absolute Gasteiger partial charge is 0.306 e. The fourth-order valence-electron chi connectivity index (χ4n) is 2.38. The lowest BCUT2D eigenvalue weighted by Crippen LogP contribution is -2.13. The first kappa shape index (κ1) is 14.3. The fourth-order valence-corrected chi connectivity index (χ4v) is 4.09. The van der Waals surface area contributed by atoms with Crippen LogP contribution in [-0.2, 0) is 14.8 Å². The molecule has 100 valence electrons. The van der Waals surface area contributed by atoms with Crippen LogP contribution in [0.1, 0.15) is 23.5 Å². The maximum absolute atomic E-state index is 11.0. The van der Waals surface area contributed by atoms with Gasteiger partial charge in [-0.15, -0.1) is 0 Å². The highest BCUT2D eigenvalue weighted by Gasteiger charge is 2.23. The zero-order valence-electron chi connectivity index (χ0n) is 10.1. The molecule has 1 saturated heterocycles. The number of likely N-dealkylation sites (tertiary alicyclic amines) is 1. The van der Waals surface area contributed by atoms with E-state index in [0.717, 1.165) is 24.0 Å². The number of likely N-dealkylation sites (N-methyl/N-ethyl adjacent to an activating group) is 1. The van der Waals surface area contributed by atoms with Crippen LogP contribution in [-0.4, -0.2) is 33.5 Å². The predicted molar refractivity (Wildman–Crippen MR) is 77.5 cm³/mol. The summed E-state index contributed by atoms with van der Waals surface area (Å²) in [5.74, 6) is 0.392. The van der Waals surface area contributed by atoms with Crippen LogP contribution in [0.3, 0.4) is 0 Å². The van der Waals surface area contributed by atoms with Gasteiger partial charge in [0.1, 0.15) is 0 Å². The third kappa shape index (κ3) is 3.70. The highest BCUT2D eigenvalue weighted by Crippen LogP contribution is 2.32. The van der Waals surface area contributed by atoms with Crippen LogP contribution in [0.15, 0.2) is 22.7 Å². The average Bonchev–Trinajstić information content (AvgIpc) is 2.62. The minimum absolute atomic E-state index is 0.127. The van der Waals surface area contributed by atoms with Crippen molar-refractivity contribution in [3.63, 3.8) is 0 Å². The van der Waals surface area contributed by atoms with Crippen molar-refractivity contribution in [2.75, 3.05) is 20.1 Å². The monoisotopic (exact) mass is 351 g/mol. The van der Waals surface area contributed by atoms with E-state index in [4.69, 9.17) is 10.7 Å². The van der Waals surface area contributed by atoms with E-state index in [2.05, 4.69) is 27.9 Å². The van der Waals surface area contributed by atoms with E-state index >= 15 is 0 Å². The predicted octanol–water partition coefficient (Wildman–Crippen LogP) is 2.94. The molecule has 1 aliphatic heterocycles. The second-order valence-electron chi connectivity index (χ2n) is 4.79. The molecule has 1 heterocycles. The summed E-state index contributed by atoms with van der Waals surface area (Å²) >= 11 is 3.53. The minimum Gasteiger partial charge on any atom is -0.306 e. The lowest BCUT2D eigenvalue weighted by Gasteiger charge is -2.13. The van der Waals surface area contributed by atoms with Gasteiger partial charge in [-0.3, -0.25) is 0 Å². The van der Waals surface area contributed by atoms with E-state index in [1.54, 1.807) is 0 Å². The van der Waals surface area contributed by atoms with Crippen LogP contribution in [0.25, 0.3) is 0 Å². The third-order valence-electron chi connectivity index (χ3n) is 3.24. The zero-order chi connectivity index (χ0) is 13.3. The third-order valence-corrected chi connectivity index (χ3v) is 4.93. The lowest BCUT2D eigenvalue weighted by atomic mass is 9.97. The SMILES string of the molecule is CN1CCC(c2ccc(CS(=O)(=O)Cl)cc2Br)C1. The molecule has 3 nitrogen and oxygen atoms in total. The summed E-state index contributed by atoms with van der Waals surface area (Å²) < 4.78 is 23.1. The summed E-state index contributed by atoms with van der Waals surface area (Å²) in [5.41, 5.74) is 1.96. The van der Waals surface area contributed by atoms with Gasteiger partial charge >= 0.3 is 0 Å². The van der Waals surface area contributed by atoms with Crippen molar-refractivity contribution in [2.45, 2.75) is 18.1 Å². The van der Waals surface area contributed by atoms with Crippen molar-refractivity contribution < 1.29 is 8.42 Å². The highest BCUT2D eigenvalue weighted by atomic mass is 79.9. The molecule has 6 heteroatoms. The highest BCUT2D eigenvalue weighted by molar-refractivity contribution is 9.10. The molecule has 18 heavy (non-hydrogen) atoms. The number of halogens is 2. The van der Waals surface area contributed by atoms with Crippen molar-refractivity contribution in [3.05, 3.63) is 33.8 Å². The molecule has 0 bridgehead atoms. The Morgan fingerprint density at radius 2 is 2.22 bits per heavy atom. The van der Waals surface area contributed by atoms with E-state index in [1.165, 1.54) is 5.56 Å². The Hall–Kier alpha value is -0.100. The van der Waals surface area contributed by atoms with Crippen molar-refractivity contribution in [1.82, 2.24) is 4.90 Å². The number of hydrogen-bond acceptors (Lipinski definition) is 3. The van der Waals surface area contributed by atoms with Crippen LogP contribution in [0.5, 0.6) is 0 Å². The number of hydrogen-bond donors (Lipinski definition) is 0. The summed E-state index contributed by atoms with van der Waals surface area (Å²) in [6.07, 6.45) is 1.14. The second-order valence-corrected chi connectivity index (χ2v) is 8.42. The van der Waals surface area contributed by atoms with Gasteiger partial charge in [-0.05, 0) is 43.1 Å². The van der Waals surface area contributed by atoms with Gasteiger partial charge in [0.2, 0.25) is 9.05 Å². The molecule has 1 aliphatic rings. The number of nitrogens with zero attached hydrogens (tertiary/aromatic N) is 1.